The molecular weight excluding hydrogens is 188 g/mol. The van der Waals surface area contributed by atoms with Gasteiger partial charge in [0.25, 0.3) is 0 Å². The summed E-state index contributed by atoms with van der Waals surface area (Å²) < 4.78 is 2.03. The summed E-state index contributed by atoms with van der Waals surface area (Å²) in [6.07, 6.45) is 3.93. The molecule has 0 saturated heterocycles. The van der Waals surface area contributed by atoms with E-state index in [2.05, 4.69) is 22.2 Å². The van der Waals surface area contributed by atoms with Gasteiger partial charge in [0.1, 0.15) is 5.69 Å². The van der Waals surface area contributed by atoms with Crippen LogP contribution in [-0.4, -0.2) is 28.9 Å². The number of hydrogen-bond donors (Lipinski definition) is 1. The van der Waals surface area contributed by atoms with Gasteiger partial charge in [0.15, 0.2) is 5.82 Å². The summed E-state index contributed by atoms with van der Waals surface area (Å²) in [5.74, 6) is 1.30. The third-order valence-corrected chi connectivity index (χ3v) is 3.33. The zero-order chi connectivity index (χ0) is 10.4. The van der Waals surface area contributed by atoms with Gasteiger partial charge in [-0.05, 0) is 26.2 Å². The Morgan fingerprint density at radius 3 is 2.93 bits per heavy atom. The molecule has 0 spiro atoms. The van der Waals surface area contributed by atoms with Crippen molar-refractivity contribution >= 4 is 11.5 Å². The predicted molar refractivity (Wildman–Crippen MR) is 61.4 cm³/mol. The van der Waals surface area contributed by atoms with Gasteiger partial charge >= 0.3 is 0 Å². The van der Waals surface area contributed by atoms with Crippen molar-refractivity contribution in [3.05, 3.63) is 5.69 Å². The highest BCUT2D eigenvalue weighted by atomic mass is 15.4. The minimum Gasteiger partial charge on any atom is -0.380 e. The number of aromatic nitrogens is 2. The fraction of sp³-hybridized carbons (Fsp3) is 0.727. The normalized spacial score (nSPS) is 20.8. The Bertz CT molecular complexity index is 378. The fourth-order valence-corrected chi connectivity index (χ4v) is 2.49. The summed E-state index contributed by atoms with van der Waals surface area (Å²) in [5.41, 5.74) is 2.38. The van der Waals surface area contributed by atoms with Crippen LogP contribution in [0.3, 0.4) is 0 Å². The van der Waals surface area contributed by atoms with Crippen LogP contribution in [0.1, 0.15) is 25.0 Å². The van der Waals surface area contributed by atoms with Crippen LogP contribution in [0.15, 0.2) is 0 Å². The molecule has 1 aromatic rings. The van der Waals surface area contributed by atoms with Gasteiger partial charge in [-0.2, -0.15) is 5.10 Å². The van der Waals surface area contributed by atoms with Crippen molar-refractivity contribution in [1.29, 1.82) is 0 Å². The van der Waals surface area contributed by atoms with Crippen LogP contribution in [0.5, 0.6) is 0 Å². The highest BCUT2D eigenvalue weighted by molar-refractivity contribution is 5.70. The van der Waals surface area contributed by atoms with Crippen LogP contribution in [0.4, 0.5) is 11.5 Å². The first kappa shape index (κ1) is 9.07. The second-order valence-corrected chi connectivity index (χ2v) is 4.61. The third-order valence-electron chi connectivity index (χ3n) is 3.33. The topological polar surface area (TPSA) is 33.1 Å². The Hall–Kier alpha value is -1.19. The standard InChI is InChI=1S/C11H18N4/c1-8-10-11(14(2)13-8)15(9-4-5-9)7-3-6-12-10/h9,12H,3-7H2,1-2H3. The van der Waals surface area contributed by atoms with Crippen molar-refractivity contribution < 1.29 is 0 Å². The molecule has 1 aromatic heterocycles. The lowest BCUT2D eigenvalue weighted by Crippen LogP contribution is -2.28. The smallest absolute Gasteiger partial charge is 0.150 e. The number of nitrogens with zero attached hydrogens (tertiary/aromatic N) is 3. The maximum Gasteiger partial charge on any atom is 0.150 e. The molecule has 1 aliphatic carbocycles. The van der Waals surface area contributed by atoms with Crippen LogP contribution in [0.25, 0.3) is 0 Å². The summed E-state index contributed by atoms with van der Waals surface area (Å²) in [6, 6.07) is 0.776. The van der Waals surface area contributed by atoms with E-state index in [0.29, 0.717) is 0 Å². The van der Waals surface area contributed by atoms with Crippen LogP contribution in [0.2, 0.25) is 0 Å². The highest BCUT2D eigenvalue weighted by Gasteiger charge is 2.33. The van der Waals surface area contributed by atoms with Gasteiger partial charge in [0.2, 0.25) is 0 Å². The number of fused-ring (bicyclic) bond motifs is 1. The summed E-state index contributed by atoms with van der Waals surface area (Å²) >= 11 is 0. The van der Waals surface area contributed by atoms with Gasteiger partial charge in [-0.3, -0.25) is 4.68 Å². The molecule has 0 amide bonds. The van der Waals surface area contributed by atoms with E-state index in [9.17, 15) is 0 Å². The van der Waals surface area contributed by atoms with E-state index in [1.165, 1.54) is 37.3 Å². The molecule has 0 bridgehead atoms. The molecule has 0 aromatic carbocycles. The van der Waals surface area contributed by atoms with Crippen molar-refractivity contribution in [2.24, 2.45) is 7.05 Å². The SMILES string of the molecule is Cc1nn(C)c2c1NCCCN2C1CC1. The monoisotopic (exact) mass is 206 g/mol. The van der Waals surface area contributed by atoms with Gasteiger partial charge in [0.05, 0.1) is 5.69 Å². The molecule has 0 radical (unpaired) electrons. The van der Waals surface area contributed by atoms with E-state index in [1.807, 2.05) is 11.7 Å². The van der Waals surface area contributed by atoms with Gasteiger partial charge in [0, 0.05) is 26.2 Å². The average Bonchev–Trinajstić information content (AvgIpc) is 3.00. The summed E-state index contributed by atoms with van der Waals surface area (Å²) in [7, 11) is 2.05. The van der Waals surface area contributed by atoms with Crippen LogP contribution < -0.4 is 10.2 Å². The molecule has 3 rings (SSSR count). The highest BCUT2D eigenvalue weighted by Crippen LogP contribution is 2.38. The molecule has 1 saturated carbocycles. The third kappa shape index (κ3) is 1.39. The van der Waals surface area contributed by atoms with Gasteiger partial charge in [-0.25, -0.2) is 0 Å². The predicted octanol–water partition coefficient (Wildman–Crippen LogP) is 1.51. The second-order valence-electron chi connectivity index (χ2n) is 4.61. The van der Waals surface area contributed by atoms with Crippen molar-refractivity contribution in [1.82, 2.24) is 9.78 Å². The molecular formula is C11H18N4. The second kappa shape index (κ2) is 3.15. The first-order valence-electron chi connectivity index (χ1n) is 5.81. The summed E-state index contributed by atoms with van der Waals surface area (Å²) in [5, 5.41) is 8.01. The molecule has 0 atom stereocenters. The van der Waals surface area contributed by atoms with E-state index >= 15 is 0 Å². The Balaban J connectivity index is 2.06. The van der Waals surface area contributed by atoms with Gasteiger partial charge in [-0.1, -0.05) is 0 Å². The Morgan fingerprint density at radius 1 is 1.40 bits per heavy atom. The van der Waals surface area contributed by atoms with Crippen molar-refractivity contribution in [3.8, 4) is 0 Å². The van der Waals surface area contributed by atoms with Crippen LogP contribution >= 0.6 is 0 Å². The Morgan fingerprint density at radius 2 is 2.20 bits per heavy atom. The number of rotatable bonds is 1. The molecule has 1 aliphatic heterocycles. The summed E-state index contributed by atoms with van der Waals surface area (Å²) in [6.45, 7) is 4.33. The lowest BCUT2D eigenvalue weighted by atomic mass is 10.3. The van der Waals surface area contributed by atoms with E-state index in [0.717, 1.165) is 18.3 Å². The molecule has 1 fully saturated rings. The molecule has 0 unspecified atom stereocenters. The molecule has 1 N–H and O–H groups in total. The molecule has 2 heterocycles. The number of aryl methyl sites for hydroxylation is 2. The largest absolute Gasteiger partial charge is 0.380 e. The molecule has 82 valence electrons. The minimum atomic E-state index is 0.776. The molecule has 2 aliphatic rings. The van der Waals surface area contributed by atoms with Crippen LogP contribution in [0, 0.1) is 6.92 Å². The molecule has 15 heavy (non-hydrogen) atoms. The quantitative estimate of drug-likeness (QED) is 0.756. The first-order valence-corrected chi connectivity index (χ1v) is 5.81. The van der Waals surface area contributed by atoms with E-state index in [1.54, 1.807) is 0 Å². The zero-order valence-electron chi connectivity index (χ0n) is 9.45. The number of nitrogens with one attached hydrogen (secondary N) is 1. The average molecular weight is 206 g/mol. The van der Waals surface area contributed by atoms with Crippen molar-refractivity contribution in [2.45, 2.75) is 32.2 Å². The maximum absolute atomic E-state index is 4.51. The van der Waals surface area contributed by atoms with Crippen molar-refractivity contribution in [3.63, 3.8) is 0 Å². The zero-order valence-corrected chi connectivity index (χ0v) is 9.45. The minimum absolute atomic E-state index is 0.776. The fourth-order valence-electron chi connectivity index (χ4n) is 2.49. The van der Waals surface area contributed by atoms with Crippen molar-refractivity contribution in [2.75, 3.05) is 23.3 Å². The lowest BCUT2D eigenvalue weighted by molar-refractivity contribution is 0.683. The maximum atomic E-state index is 4.51. The number of hydrogen-bond acceptors (Lipinski definition) is 3. The van der Waals surface area contributed by atoms with E-state index in [-0.39, 0.29) is 0 Å². The Labute approximate surface area is 90.3 Å². The van der Waals surface area contributed by atoms with Gasteiger partial charge < -0.3 is 10.2 Å². The van der Waals surface area contributed by atoms with Crippen LogP contribution in [-0.2, 0) is 7.05 Å². The summed E-state index contributed by atoms with van der Waals surface area (Å²) in [4.78, 5) is 2.54. The first-order chi connectivity index (χ1) is 7.27. The lowest BCUT2D eigenvalue weighted by Gasteiger charge is -2.22. The van der Waals surface area contributed by atoms with E-state index < -0.39 is 0 Å². The molecule has 4 nitrogen and oxygen atoms in total. The number of anilines is 2. The Kier molecular flexibility index (Phi) is 1.90. The van der Waals surface area contributed by atoms with E-state index in [4.69, 9.17) is 0 Å². The van der Waals surface area contributed by atoms with Gasteiger partial charge in [-0.15, -0.1) is 0 Å². The molecule has 4 heteroatoms.